The van der Waals surface area contributed by atoms with E-state index in [9.17, 15) is 18.0 Å². The second kappa shape index (κ2) is 5.21. The summed E-state index contributed by atoms with van der Waals surface area (Å²) in [6, 6.07) is 3.82. The van der Waals surface area contributed by atoms with Crippen molar-refractivity contribution in [1.29, 1.82) is 0 Å². The summed E-state index contributed by atoms with van der Waals surface area (Å²) in [6.07, 6.45) is 0. The van der Waals surface area contributed by atoms with Gasteiger partial charge in [0.15, 0.2) is 0 Å². The lowest BCUT2D eigenvalue weighted by atomic mass is 10.1. The molecule has 0 fully saturated rings. The quantitative estimate of drug-likeness (QED) is 0.818. The number of carbonyl (C=O) groups is 1. The summed E-state index contributed by atoms with van der Waals surface area (Å²) in [6.45, 7) is -0.857. The number of carbonyl (C=O) groups excluding carboxylic acids is 1. The van der Waals surface area contributed by atoms with Gasteiger partial charge in [-0.1, -0.05) is 12.1 Å². The molecule has 0 aliphatic rings. The van der Waals surface area contributed by atoms with Crippen molar-refractivity contribution in [2.24, 2.45) is 0 Å². The minimum absolute atomic E-state index is 0.358. The van der Waals surface area contributed by atoms with Crippen LogP contribution < -0.4 is 5.32 Å². The SMILES string of the molecule is O=C(CCl)NCC(F)(F)c1ccc(F)cc1. The predicted octanol–water partition coefficient (Wildman–Crippen LogP) is 2.27. The normalized spacial score (nSPS) is 11.2. The van der Waals surface area contributed by atoms with Gasteiger partial charge in [-0.3, -0.25) is 4.79 Å². The van der Waals surface area contributed by atoms with Crippen LogP contribution in [0.25, 0.3) is 0 Å². The Morgan fingerprint density at radius 1 is 1.31 bits per heavy atom. The number of hydrogen-bond donors (Lipinski definition) is 1. The monoisotopic (exact) mass is 251 g/mol. The largest absolute Gasteiger partial charge is 0.349 e. The Morgan fingerprint density at radius 3 is 2.38 bits per heavy atom. The average molecular weight is 252 g/mol. The maximum Gasteiger partial charge on any atom is 0.290 e. The van der Waals surface area contributed by atoms with Crippen LogP contribution in [0.1, 0.15) is 5.56 Å². The molecular weight excluding hydrogens is 243 g/mol. The van der Waals surface area contributed by atoms with E-state index in [1.807, 2.05) is 5.32 Å². The number of nitrogens with one attached hydrogen (secondary N) is 1. The lowest BCUT2D eigenvalue weighted by Gasteiger charge is -2.16. The number of hydrogen-bond acceptors (Lipinski definition) is 1. The van der Waals surface area contributed by atoms with E-state index in [1.54, 1.807) is 0 Å². The fraction of sp³-hybridized carbons (Fsp3) is 0.300. The van der Waals surface area contributed by atoms with Gasteiger partial charge in [-0.25, -0.2) is 4.39 Å². The molecule has 0 saturated carbocycles. The third-order valence-electron chi connectivity index (χ3n) is 1.90. The van der Waals surface area contributed by atoms with Gasteiger partial charge in [0.1, 0.15) is 11.7 Å². The third kappa shape index (κ3) is 3.41. The van der Waals surface area contributed by atoms with Crippen LogP contribution in [-0.2, 0) is 10.7 Å². The molecule has 16 heavy (non-hydrogen) atoms. The van der Waals surface area contributed by atoms with E-state index >= 15 is 0 Å². The zero-order valence-corrected chi connectivity index (χ0v) is 8.90. The molecule has 88 valence electrons. The van der Waals surface area contributed by atoms with Crippen molar-refractivity contribution in [2.75, 3.05) is 12.4 Å². The summed E-state index contributed by atoms with van der Waals surface area (Å²) in [5.74, 6) is -4.89. The van der Waals surface area contributed by atoms with Gasteiger partial charge in [0.05, 0.1) is 6.54 Å². The van der Waals surface area contributed by atoms with Crippen molar-refractivity contribution >= 4 is 17.5 Å². The summed E-state index contributed by atoms with van der Waals surface area (Å²) < 4.78 is 39.3. The van der Waals surface area contributed by atoms with Crippen molar-refractivity contribution in [3.8, 4) is 0 Å². The first-order chi connectivity index (χ1) is 7.45. The number of benzene rings is 1. The molecule has 1 aromatic rings. The molecule has 0 heterocycles. The molecule has 0 bridgehead atoms. The highest BCUT2D eigenvalue weighted by Gasteiger charge is 2.31. The second-order valence-electron chi connectivity index (χ2n) is 3.12. The maximum atomic E-state index is 13.4. The second-order valence-corrected chi connectivity index (χ2v) is 3.39. The minimum atomic E-state index is -3.24. The number of alkyl halides is 3. The van der Waals surface area contributed by atoms with E-state index in [4.69, 9.17) is 11.6 Å². The molecule has 1 N–H and O–H groups in total. The summed E-state index contributed by atoms with van der Waals surface area (Å²) in [5.41, 5.74) is -0.358. The van der Waals surface area contributed by atoms with E-state index < -0.39 is 24.2 Å². The highest BCUT2D eigenvalue weighted by atomic mass is 35.5. The fourth-order valence-corrected chi connectivity index (χ4v) is 1.15. The van der Waals surface area contributed by atoms with Crippen LogP contribution in [0.4, 0.5) is 13.2 Å². The molecule has 0 unspecified atom stereocenters. The first-order valence-corrected chi connectivity index (χ1v) is 4.95. The molecule has 0 aromatic heterocycles. The van der Waals surface area contributed by atoms with Crippen LogP contribution in [-0.4, -0.2) is 18.3 Å². The van der Waals surface area contributed by atoms with Crippen molar-refractivity contribution in [3.05, 3.63) is 35.6 Å². The number of halogens is 4. The van der Waals surface area contributed by atoms with Crippen LogP contribution in [0.5, 0.6) is 0 Å². The molecule has 2 nitrogen and oxygen atoms in total. The molecule has 1 rings (SSSR count). The van der Waals surface area contributed by atoms with Gasteiger partial charge in [0, 0.05) is 5.56 Å². The minimum Gasteiger partial charge on any atom is -0.349 e. The third-order valence-corrected chi connectivity index (χ3v) is 2.14. The summed E-state index contributed by atoms with van der Waals surface area (Å²) in [7, 11) is 0. The summed E-state index contributed by atoms with van der Waals surface area (Å²) in [5, 5.41) is 1.97. The van der Waals surface area contributed by atoms with Gasteiger partial charge in [-0.2, -0.15) is 8.78 Å². The highest BCUT2D eigenvalue weighted by molar-refractivity contribution is 6.27. The van der Waals surface area contributed by atoms with Crippen LogP contribution in [0.15, 0.2) is 24.3 Å². The van der Waals surface area contributed by atoms with Gasteiger partial charge in [-0.05, 0) is 12.1 Å². The summed E-state index contributed by atoms with van der Waals surface area (Å²) >= 11 is 5.14. The van der Waals surface area contributed by atoms with E-state index in [0.717, 1.165) is 24.3 Å². The Morgan fingerprint density at radius 2 is 1.88 bits per heavy atom. The highest BCUT2D eigenvalue weighted by Crippen LogP contribution is 2.26. The van der Waals surface area contributed by atoms with E-state index in [1.165, 1.54) is 0 Å². The molecule has 0 saturated heterocycles. The van der Waals surface area contributed by atoms with Gasteiger partial charge < -0.3 is 5.32 Å². The lowest BCUT2D eigenvalue weighted by Crippen LogP contribution is -2.35. The van der Waals surface area contributed by atoms with Crippen LogP contribution in [0.2, 0.25) is 0 Å². The Bertz CT molecular complexity index is 367. The molecule has 1 amide bonds. The van der Waals surface area contributed by atoms with Crippen molar-refractivity contribution in [2.45, 2.75) is 5.92 Å². The van der Waals surface area contributed by atoms with Gasteiger partial charge >= 0.3 is 0 Å². The Hall–Kier alpha value is -1.23. The maximum absolute atomic E-state index is 13.4. The summed E-state index contributed by atoms with van der Waals surface area (Å²) in [4.78, 5) is 10.7. The lowest BCUT2D eigenvalue weighted by molar-refractivity contribution is -0.120. The van der Waals surface area contributed by atoms with Crippen LogP contribution in [0, 0.1) is 5.82 Å². The molecule has 0 aliphatic carbocycles. The number of rotatable bonds is 4. The van der Waals surface area contributed by atoms with E-state index in [0.29, 0.717) is 0 Å². The molecule has 0 radical (unpaired) electrons. The number of amides is 1. The first-order valence-electron chi connectivity index (χ1n) is 4.42. The van der Waals surface area contributed by atoms with Crippen molar-refractivity contribution < 1.29 is 18.0 Å². The van der Waals surface area contributed by atoms with Crippen molar-refractivity contribution in [3.63, 3.8) is 0 Å². The van der Waals surface area contributed by atoms with Gasteiger partial charge in [0.25, 0.3) is 5.92 Å². The molecular formula is C10H9ClF3NO. The topological polar surface area (TPSA) is 29.1 Å². The molecule has 0 aliphatic heterocycles. The zero-order chi connectivity index (χ0) is 12.2. The Kier molecular flexibility index (Phi) is 4.18. The molecule has 1 aromatic carbocycles. The van der Waals surface area contributed by atoms with E-state index in [-0.39, 0.29) is 11.4 Å². The van der Waals surface area contributed by atoms with Crippen molar-refractivity contribution in [1.82, 2.24) is 5.32 Å². The van der Waals surface area contributed by atoms with Gasteiger partial charge in [-0.15, -0.1) is 11.6 Å². The molecule has 0 atom stereocenters. The smallest absolute Gasteiger partial charge is 0.290 e. The van der Waals surface area contributed by atoms with E-state index in [2.05, 4.69) is 0 Å². The fourth-order valence-electron chi connectivity index (χ4n) is 1.05. The van der Waals surface area contributed by atoms with Crippen LogP contribution in [0.3, 0.4) is 0 Å². The predicted molar refractivity (Wildman–Crippen MR) is 54.0 cm³/mol. The molecule has 6 heteroatoms. The first kappa shape index (κ1) is 12.8. The van der Waals surface area contributed by atoms with Crippen LogP contribution >= 0.6 is 11.6 Å². The zero-order valence-electron chi connectivity index (χ0n) is 8.14. The Balaban J connectivity index is 2.69. The standard InChI is InChI=1S/C10H9ClF3NO/c11-5-9(16)15-6-10(13,14)7-1-3-8(12)4-2-7/h1-4H,5-6H2,(H,15,16). The molecule has 0 spiro atoms. The Labute approximate surface area is 95.4 Å². The van der Waals surface area contributed by atoms with Gasteiger partial charge in [0.2, 0.25) is 5.91 Å². The average Bonchev–Trinajstić information content (AvgIpc) is 2.26.